The minimum Gasteiger partial charge on any atom is -0.309 e. The topological polar surface area (TPSA) is 50.2 Å². The maximum absolute atomic E-state index is 4.55. The molecule has 4 heteroatoms. The molecule has 4 nitrogen and oxygen atoms in total. The first-order valence-corrected chi connectivity index (χ1v) is 5.59. The fourth-order valence-corrected chi connectivity index (χ4v) is 1.87. The highest BCUT2D eigenvalue weighted by atomic mass is 15.2. The first-order chi connectivity index (χ1) is 8.42. The number of nitrogens with zero attached hydrogens (tertiary/aromatic N) is 3. The standard InChI is InChI=1S/C13H12N4/c1-2-5-11-10(4-1)6-7-12(16-11)17-13-14-8-3-9-15-13/h1-5,7-10H,6H2,(H,14,15,17). The number of hydrogen-bond acceptors (Lipinski definition) is 4. The van der Waals surface area contributed by atoms with Crippen molar-refractivity contribution in [3.63, 3.8) is 0 Å². The smallest absolute Gasteiger partial charge is 0.228 e. The second-order valence-electron chi connectivity index (χ2n) is 3.91. The summed E-state index contributed by atoms with van der Waals surface area (Å²) in [4.78, 5) is 12.8. The van der Waals surface area contributed by atoms with E-state index in [1.54, 1.807) is 18.5 Å². The molecular weight excluding hydrogens is 212 g/mol. The summed E-state index contributed by atoms with van der Waals surface area (Å²) in [6.07, 6.45) is 14.8. The van der Waals surface area contributed by atoms with Crippen molar-refractivity contribution in [3.8, 4) is 0 Å². The number of rotatable bonds is 2. The van der Waals surface area contributed by atoms with E-state index in [0.29, 0.717) is 11.9 Å². The summed E-state index contributed by atoms with van der Waals surface area (Å²) in [6.45, 7) is 0. The van der Waals surface area contributed by atoms with Gasteiger partial charge in [-0.2, -0.15) is 0 Å². The van der Waals surface area contributed by atoms with Gasteiger partial charge in [-0.3, -0.25) is 0 Å². The summed E-state index contributed by atoms with van der Waals surface area (Å²) in [5, 5.41) is 3.11. The lowest BCUT2D eigenvalue weighted by molar-refractivity contribution is 0.846. The Balaban J connectivity index is 1.78. The van der Waals surface area contributed by atoms with E-state index in [1.165, 1.54) is 0 Å². The van der Waals surface area contributed by atoms with E-state index in [-0.39, 0.29) is 0 Å². The predicted octanol–water partition coefficient (Wildman–Crippen LogP) is 2.32. The molecule has 1 aliphatic heterocycles. The van der Waals surface area contributed by atoms with Crippen molar-refractivity contribution in [3.05, 3.63) is 54.7 Å². The van der Waals surface area contributed by atoms with Gasteiger partial charge in [-0.25, -0.2) is 15.0 Å². The van der Waals surface area contributed by atoms with E-state index in [1.807, 2.05) is 12.2 Å². The van der Waals surface area contributed by atoms with Gasteiger partial charge in [0.15, 0.2) is 0 Å². The molecular formula is C13H12N4. The lowest BCUT2D eigenvalue weighted by Crippen LogP contribution is -2.17. The van der Waals surface area contributed by atoms with Gasteiger partial charge >= 0.3 is 0 Å². The summed E-state index contributed by atoms with van der Waals surface area (Å²) in [7, 11) is 0. The molecule has 1 atom stereocenters. The molecule has 1 aliphatic carbocycles. The molecule has 2 aliphatic rings. The van der Waals surface area contributed by atoms with Crippen molar-refractivity contribution in [1.82, 2.24) is 9.97 Å². The van der Waals surface area contributed by atoms with Gasteiger partial charge in [0, 0.05) is 24.0 Å². The van der Waals surface area contributed by atoms with Gasteiger partial charge in [-0.1, -0.05) is 18.2 Å². The van der Waals surface area contributed by atoms with Crippen molar-refractivity contribution in [2.75, 3.05) is 5.32 Å². The highest BCUT2D eigenvalue weighted by molar-refractivity contribution is 6.00. The minimum atomic E-state index is 0.419. The zero-order valence-electron chi connectivity index (χ0n) is 9.24. The Bertz CT molecular complexity index is 526. The third-order valence-electron chi connectivity index (χ3n) is 2.72. The fourth-order valence-electron chi connectivity index (χ4n) is 1.87. The van der Waals surface area contributed by atoms with Crippen LogP contribution in [0.3, 0.4) is 0 Å². The van der Waals surface area contributed by atoms with Crippen molar-refractivity contribution >= 4 is 11.7 Å². The molecule has 0 saturated carbocycles. The second-order valence-corrected chi connectivity index (χ2v) is 3.91. The van der Waals surface area contributed by atoms with E-state index >= 15 is 0 Å². The lowest BCUT2D eigenvalue weighted by Gasteiger charge is -2.19. The number of allylic oxidation sites excluding steroid dienone is 5. The van der Waals surface area contributed by atoms with Crippen LogP contribution in [0.15, 0.2) is 59.7 Å². The molecule has 84 valence electrons. The molecule has 0 radical (unpaired) electrons. The number of aromatic nitrogens is 2. The Morgan fingerprint density at radius 3 is 2.94 bits per heavy atom. The van der Waals surface area contributed by atoms with Gasteiger partial charge in [0.2, 0.25) is 5.95 Å². The van der Waals surface area contributed by atoms with Crippen molar-refractivity contribution in [2.24, 2.45) is 10.9 Å². The zero-order valence-corrected chi connectivity index (χ0v) is 9.24. The van der Waals surface area contributed by atoms with Crippen LogP contribution in [0.4, 0.5) is 5.95 Å². The van der Waals surface area contributed by atoms with Gasteiger partial charge in [-0.05, 0) is 24.6 Å². The summed E-state index contributed by atoms with van der Waals surface area (Å²) < 4.78 is 0. The zero-order chi connectivity index (χ0) is 11.5. The van der Waals surface area contributed by atoms with Crippen LogP contribution >= 0.6 is 0 Å². The molecule has 0 aromatic carbocycles. The molecule has 17 heavy (non-hydrogen) atoms. The third-order valence-corrected chi connectivity index (χ3v) is 2.72. The second kappa shape index (κ2) is 4.33. The molecule has 3 rings (SSSR count). The first kappa shape index (κ1) is 9.96. The fraction of sp³-hybridized carbons (Fsp3) is 0.154. The van der Waals surface area contributed by atoms with E-state index in [2.05, 4.69) is 38.5 Å². The normalized spacial score (nSPS) is 21.5. The van der Waals surface area contributed by atoms with E-state index in [0.717, 1.165) is 18.0 Å². The van der Waals surface area contributed by atoms with Crippen LogP contribution in [0, 0.1) is 5.92 Å². The van der Waals surface area contributed by atoms with Gasteiger partial charge < -0.3 is 5.32 Å². The largest absolute Gasteiger partial charge is 0.309 e. The van der Waals surface area contributed by atoms with E-state index < -0.39 is 0 Å². The molecule has 0 fully saturated rings. The van der Waals surface area contributed by atoms with Crippen LogP contribution in [0.1, 0.15) is 6.42 Å². The third kappa shape index (κ3) is 2.15. The molecule has 1 N–H and O–H groups in total. The molecule has 1 aromatic rings. The van der Waals surface area contributed by atoms with Crippen molar-refractivity contribution in [1.29, 1.82) is 0 Å². The van der Waals surface area contributed by atoms with Crippen LogP contribution in [-0.4, -0.2) is 15.7 Å². The number of fused-ring (bicyclic) bond motifs is 1. The Morgan fingerprint density at radius 2 is 2.06 bits per heavy atom. The minimum absolute atomic E-state index is 0.419. The Labute approximate surface area is 99.5 Å². The Morgan fingerprint density at radius 1 is 1.18 bits per heavy atom. The highest BCUT2D eigenvalue weighted by Crippen LogP contribution is 2.22. The average Bonchev–Trinajstić information content (AvgIpc) is 2.40. The SMILES string of the molecule is C1=CC2=NC(Nc3ncccn3)=CCC2C=C1. The molecule has 1 unspecified atom stereocenters. The molecule has 1 aromatic heterocycles. The molecule has 0 bridgehead atoms. The van der Waals surface area contributed by atoms with Gasteiger partial charge in [0.25, 0.3) is 0 Å². The molecule has 0 saturated heterocycles. The molecule has 0 spiro atoms. The molecule has 0 amide bonds. The number of hydrogen-bond donors (Lipinski definition) is 1. The summed E-state index contributed by atoms with van der Waals surface area (Å²) >= 11 is 0. The predicted molar refractivity (Wildman–Crippen MR) is 67.6 cm³/mol. The lowest BCUT2D eigenvalue weighted by atomic mass is 9.93. The Hall–Kier alpha value is -2.23. The van der Waals surface area contributed by atoms with Crippen LogP contribution < -0.4 is 5.32 Å². The van der Waals surface area contributed by atoms with Crippen LogP contribution in [0.2, 0.25) is 0 Å². The first-order valence-electron chi connectivity index (χ1n) is 5.59. The number of aliphatic imine (C=N–C) groups is 1. The summed E-state index contributed by atoms with van der Waals surface area (Å²) in [5.74, 6) is 1.82. The highest BCUT2D eigenvalue weighted by Gasteiger charge is 2.16. The summed E-state index contributed by atoms with van der Waals surface area (Å²) in [6, 6.07) is 1.79. The number of nitrogens with one attached hydrogen (secondary N) is 1. The van der Waals surface area contributed by atoms with E-state index in [9.17, 15) is 0 Å². The van der Waals surface area contributed by atoms with Gasteiger partial charge in [-0.15, -0.1) is 0 Å². The quantitative estimate of drug-likeness (QED) is 0.838. The monoisotopic (exact) mass is 224 g/mol. The van der Waals surface area contributed by atoms with Gasteiger partial charge in [0.05, 0.1) is 0 Å². The van der Waals surface area contributed by atoms with Crippen molar-refractivity contribution in [2.45, 2.75) is 6.42 Å². The molecule has 2 heterocycles. The number of anilines is 1. The van der Waals surface area contributed by atoms with Crippen LogP contribution in [-0.2, 0) is 0 Å². The summed E-state index contributed by atoms with van der Waals surface area (Å²) in [5.41, 5.74) is 1.09. The van der Waals surface area contributed by atoms with Gasteiger partial charge in [0.1, 0.15) is 5.82 Å². The maximum Gasteiger partial charge on any atom is 0.228 e. The maximum atomic E-state index is 4.55. The Kier molecular flexibility index (Phi) is 2.54. The van der Waals surface area contributed by atoms with Crippen LogP contribution in [0.25, 0.3) is 0 Å². The van der Waals surface area contributed by atoms with E-state index in [4.69, 9.17) is 0 Å². The van der Waals surface area contributed by atoms with Crippen LogP contribution in [0.5, 0.6) is 0 Å². The average molecular weight is 224 g/mol. The van der Waals surface area contributed by atoms with Crippen molar-refractivity contribution < 1.29 is 0 Å².